The van der Waals surface area contributed by atoms with Crippen molar-refractivity contribution >= 4 is 10.0 Å². The molecule has 2 rings (SSSR count). The molecular weight excluding hydrogens is 236 g/mol. The maximum atomic E-state index is 12.0. The second-order valence-corrected chi connectivity index (χ2v) is 7.28. The highest BCUT2D eigenvalue weighted by molar-refractivity contribution is 7.89. The molecule has 0 aromatic heterocycles. The third-order valence-corrected chi connectivity index (χ3v) is 5.27. The van der Waals surface area contributed by atoms with Crippen molar-refractivity contribution in [3.05, 3.63) is 0 Å². The summed E-state index contributed by atoms with van der Waals surface area (Å²) >= 11 is 0. The molecule has 1 saturated heterocycles. The van der Waals surface area contributed by atoms with Crippen LogP contribution in [-0.4, -0.2) is 32.8 Å². The fourth-order valence-corrected chi connectivity index (χ4v) is 4.20. The van der Waals surface area contributed by atoms with Crippen LogP contribution >= 0.6 is 0 Å². The minimum absolute atomic E-state index is 0.147. The predicted octanol–water partition coefficient (Wildman–Crippen LogP) is 1.24. The second kappa shape index (κ2) is 5.67. The summed E-state index contributed by atoms with van der Waals surface area (Å²) in [5.41, 5.74) is 0. The van der Waals surface area contributed by atoms with E-state index in [1.54, 1.807) is 0 Å². The van der Waals surface area contributed by atoms with Gasteiger partial charge in [0.2, 0.25) is 10.0 Å². The molecule has 17 heavy (non-hydrogen) atoms. The third-order valence-electron chi connectivity index (χ3n) is 3.74. The Kier molecular flexibility index (Phi) is 4.44. The van der Waals surface area contributed by atoms with Gasteiger partial charge in [-0.1, -0.05) is 19.8 Å². The van der Waals surface area contributed by atoms with E-state index in [9.17, 15) is 8.42 Å². The summed E-state index contributed by atoms with van der Waals surface area (Å²) in [6.45, 7) is 3.02. The van der Waals surface area contributed by atoms with Crippen LogP contribution < -0.4 is 10.0 Å². The van der Waals surface area contributed by atoms with E-state index in [1.807, 2.05) is 0 Å². The van der Waals surface area contributed by atoms with Crippen LogP contribution in [-0.2, 0) is 10.0 Å². The van der Waals surface area contributed by atoms with Gasteiger partial charge in [-0.05, 0) is 38.1 Å². The lowest BCUT2D eigenvalue weighted by molar-refractivity contribution is 0.490. The Morgan fingerprint density at radius 1 is 1.35 bits per heavy atom. The van der Waals surface area contributed by atoms with Crippen molar-refractivity contribution in [1.29, 1.82) is 0 Å². The molecular formula is C12H24N2O2S. The first-order valence-electron chi connectivity index (χ1n) is 6.82. The summed E-state index contributed by atoms with van der Waals surface area (Å²) in [4.78, 5) is 0. The minimum Gasteiger partial charge on any atom is -0.313 e. The van der Waals surface area contributed by atoms with Crippen LogP contribution in [0.3, 0.4) is 0 Å². The van der Waals surface area contributed by atoms with Crippen LogP contribution in [0.25, 0.3) is 0 Å². The minimum atomic E-state index is -3.11. The smallest absolute Gasteiger partial charge is 0.213 e. The Balaban J connectivity index is 1.80. The number of sulfonamides is 1. The summed E-state index contributed by atoms with van der Waals surface area (Å²) in [6.07, 6.45) is 6.56. The average molecular weight is 260 g/mol. The van der Waals surface area contributed by atoms with Gasteiger partial charge in [0.05, 0.1) is 5.75 Å². The first-order chi connectivity index (χ1) is 8.09. The molecule has 0 amide bonds. The number of rotatable bonds is 7. The average Bonchev–Trinajstić information content (AvgIpc) is 2.93. The molecule has 0 radical (unpaired) electrons. The van der Waals surface area contributed by atoms with Gasteiger partial charge in [0.1, 0.15) is 0 Å². The predicted molar refractivity (Wildman–Crippen MR) is 69.4 cm³/mol. The van der Waals surface area contributed by atoms with Crippen molar-refractivity contribution < 1.29 is 8.42 Å². The van der Waals surface area contributed by atoms with Crippen LogP contribution in [0.1, 0.15) is 45.4 Å². The normalized spacial score (nSPS) is 27.2. The highest BCUT2D eigenvalue weighted by Crippen LogP contribution is 2.34. The van der Waals surface area contributed by atoms with Crippen LogP contribution in [0.5, 0.6) is 0 Å². The summed E-state index contributed by atoms with van der Waals surface area (Å²) in [5, 5.41) is 3.24. The Hall–Kier alpha value is -0.130. The molecule has 2 aliphatic rings. The molecule has 2 atom stereocenters. The lowest BCUT2D eigenvalue weighted by Gasteiger charge is -2.18. The maximum Gasteiger partial charge on any atom is 0.213 e. The fraction of sp³-hybridized carbons (Fsp3) is 1.00. The second-order valence-electron chi connectivity index (χ2n) is 5.48. The standard InChI is InChI=1S/C12H24N2O2S/c1-2-11(8-10-5-6-10)14-17(15,16)9-12-4-3-7-13-12/h10-14H,2-9H2,1H3. The first-order valence-corrected chi connectivity index (χ1v) is 8.47. The zero-order valence-electron chi connectivity index (χ0n) is 10.6. The molecule has 5 heteroatoms. The van der Waals surface area contributed by atoms with Crippen molar-refractivity contribution in [3.8, 4) is 0 Å². The molecule has 2 fully saturated rings. The Morgan fingerprint density at radius 3 is 2.65 bits per heavy atom. The molecule has 2 unspecified atom stereocenters. The highest BCUT2D eigenvalue weighted by Gasteiger charge is 2.28. The largest absolute Gasteiger partial charge is 0.313 e. The zero-order valence-corrected chi connectivity index (χ0v) is 11.4. The molecule has 0 aromatic carbocycles. The fourth-order valence-electron chi connectivity index (χ4n) is 2.52. The molecule has 1 aliphatic carbocycles. The van der Waals surface area contributed by atoms with E-state index >= 15 is 0 Å². The molecule has 4 nitrogen and oxygen atoms in total. The van der Waals surface area contributed by atoms with Crippen molar-refractivity contribution in [1.82, 2.24) is 10.0 Å². The zero-order chi connectivity index (χ0) is 12.3. The summed E-state index contributed by atoms with van der Waals surface area (Å²) < 4.78 is 26.9. The molecule has 2 N–H and O–H groups in total. The lowest BCUT2D eigenvalue weighted by Crippen LogP contribution is -2.41. The molecule has 0 spiro atoms. The maximum absolute atomic E-state index is 12.0. The number of nitrogens with one attached hydrogen (secondary N) is 2. The molecule has 0 bridgehead atoms. The Bertz CT molecular complexity index is 332. The van der Waals surface area contributed by atoms with Gasteiger partial charge in [-0.3, -0.25) is 0 Å². The summed E-state index contributed by atoms with van der Waals surface area (Å²) in [6, 6.07) is 0.305. The Morgan fingerprint density at radius 2 is 2.12 bits per heavy atom. The van der Waals surface area contributed by atoms with Crippen LogP contribution in [0, 0.1) is 5.92 Å². The van der Waals surface area contributed by atoms with Gasteiger partial charge < -0.3 is 5.32 Å². The molecule has 100 valence electrons. The molecule has 1 saturated carbocycles. The van der Waals surface area contributed by atoms with Crippen molar-refractivity contribution in [2.75, 3.05) is 12.3 Å². The van der Waals surface area contributed by atoms with E-state index in [0.29, 0.717) is 0 Å². The summed E-state index contributed by atoms with van der Waals surface area (Å²) in [5.74, 6) is 1.01. The quantitative estimate of drug-likeness (QED) is 0.724. The SMILES string of the molecule is CCC(CC1CC1)NS(=O)(=O)CC1CCCN1. The lowest BCUT2D eigenvalue weighted by atomic mass is 10.1. The van der Waals surface area contributed by atoms with E-state index in [0.717, 1.165) is 38.1 Å². The van der Waals surface area contributed by atoms with Gasteiger partial charge >= 0.3 is 0 Å². The van der Waals surface area contributed by atoms with Crippen LogP contribution in [0.2, 0.25) is 0 Å². The number of hydrogen-bond donors (Lipinski definition) is 2. The van der Waals surface area contributed by atoms with Crippen LogP contribution in [0.4, 0.5) is 0 Å². The van der Waals surface area contributed by atoms with Crippen molar-refractivity contribution in [2.45, 2.75) is 57.5 Å². The molecule has 0 aromatic rings. The molecule has 1 heterocycles. The van der Waals surface area contributed by atoms with Gasteiger partial charge in [0, 0.05) is 12.1 Å². The highest BCUT2D eigenvalue weighted by atomic mass is 32.2. The van der Waals surface area contributed by atoms with Gasteiger partial charge in [-0.15, -0.1) is 0 Å². The molecule has 1 aliphatic heterocycles. The van der Waals surface area contributed by atoms with E-state index in [1.165, 1.54) is 12.8 Å². The first kappa shape index (κ1) is 13.3. The number of hydrogen-bond acceptors (Lipinski definition) is 3. The van der Waals surface area contributed by atoms with Gasteiger partial charge in [0.25, 0.3) is 0 Å². The van der Waals surface area contributed by atoms with E-state index in [2.05, 4.69) is 17.0 Å². The summed E-state index contributed by atoms with van der Waals surface area (Å²) in [7, 11) is -3.11. The van der Waals surface area contributed by atoms with Gasteiger partial charge in [-0.2, -0.15) is 0 Å². The van der Waals surface area contributed by atoms with Crippen molar-refractivity contribution in [2.24, 2.45) is 5.92 Å². The topological polar surface area (TPSA) is 58.2 Å². The van der Waals surface area contributed by atoms with E-state index < -0.39 is 10.0 Å². The van der Waals surface area contributed by atoms with Crippen molar-refractivity contribution in [3.63, 3.8) is 0 Å². The van der Waals surface area contributed by atoms with E-state index in [4.69, 9.17) is 0 Å². The van der Waals surface area contributed by atoms with Crippen LogP contribution in [0.15, 0.2) is 0 Å². The third kappa shape index (κ3) is 4.56. The van der Waals surface area contributed by atoms with Gasteiger partial charge in [0.15, 0.2) is 0 Å². The van der Waals surface area contributed by atoms with E-state index in [-0.39, 0.29) is 17.8 Å². The van der Waals surface area contributed by atoms with Gasteiger partial charge in [-0.25, -0.2) is 13.1 Å². The Labute approximate surface area is 105 Å². The monoisotopic (exact) mass is 260 g/mol.